The Labute approximate surface area is 228 Å². The molecule has 35 heavy (non-hydrogen) atoms. The zero-order valence-electron chi connectivity index (χ0n) is 18.4. The molecule has 1 aliphatic heterocycles. The Morgan fingerprint density at radius 2 is 1.94 bits per heavy atom. The van der Waals surface area contributed by atoms with Gasteiger partial charge in [-0.3, -0.25) is 19.4 Å². The van der Waals surface area contributed by atoms with Gasteiger partial charge in [-0.15, -0.1) is 0 Å². The minimum Gasteiger partial charge on any atom is -0.550 e. The van der Waals surface area contributed by atoms with E-state index in [1.54, 1.807) is 12.1 Å². The van der Waals surface area contributed by atoms with Gasteiger partial charge in [0, 0.05) is 30.3 Å². The second-order valence-electron chi connectivity index (χ2n) is 7.41. The number of nitrogens with two attached hydrogens (primary N) is 1. The van der Waals surface area contributed by atoms with Crippen LogP contribution in [0.25, 0.3) is 0 Å². The number of nitrogens with zero attached hydrogens (tertiary/aromatic N) is 2. The van der Waals surface area contributed by atoms with Crippen LogP contribution < -0.4 is 42.4 Å². The number of anilines is 4. The van der Waals surface area contributed by atoms with Crippen molar-refractivity contribution in [1.29, 1.82) is 0 Å². The maximum atomic E-state index is 12.3. The van der Waals surface area contributed by atoms with E-state index >= 15 is 0 Å². The number of carboxylic acids is 2. The van der Waals surface area contributed by atoms with Crippen LogP contribution in [-0.4, -0.2) is 97.1 Å². The summed E-state index contributed by atoms with van der Waals surface area (Å²) < 4.78 is 0. The number of carbonyl (C=O) groups is 4. The molecule has 1 aromatic carbocycles. The van der Waals surface area contributed by atoms with E-state index in [0.29, 0.717) is 18.6 Å². The summed E-state index contributed by atoms with van der Waals surface area (Å²) in [6.45, 7) is 0.544. The average molecular weight is 512 g/mol. The molecule has 2 atom stereocenters. The first-order valence-corrected chi connectivity index (χ1v) is 10.1. The number of hydrogen-bond donors (Lipinski definition) is 5. The van der Waals surface area contributed by atoms with Crippen LogP contribution in [0.2, 0.25) is 0 Å². The van der Waals surface area contributed by atoms with E-state index in [9.17, 15) is 34.2 Å². The molecule has 6 N–H and O–H groups in total. The van der Waals surface area contributed by atoms with Crippen LogP contribution in [0.3, 0.4) is 0 Å². The summed E-state index contributed by atoms with van der Waals surface area (Å²) in [4.78, 5) is 65.4. The van der Waals surface area contributed by atoms with E-state index in [-0.39, 0.29) is 73.7 Å². The largest absolute Gasteiger partial charge is 2.00 e. The summed E-state index contributed by atoms with van der Waals surface area (Å²) in [5, 5.41) is 29.9. The van der Waals surface area contributed by atoms with Gasteiger partial charge in [0.05, 0.1) is 18.1 Å². The molecule has 2 amide bonds. The fourth-order valence-corrected chi connectivity index (χ4v) is 3.38. The van der Waals surface area contributed by atoms with E-state index in [4.69, 9.17) is 5.73 Å². The Balaban J connectivity index is 0.00000432. The molecule has 2 aromatic rings. The van der Waals surface area contributed by atoms with Gasteiger partial charge in [0.1, 0.15) is 0 Å². The summed E-state index contributed by atoms with van der Waals surface area (Å²) in [7, 11) is 0. The third kappa shape index (κ3) is 7.07. The number of aromatic amines is 1. The van der Waals surface area contributed by atoms with Crippen molar-refractivity contribution in [3.8, 4) is 0 Å². The van der Waals surface area contributed by atoms with Crippen molar-refractivity contribution in [2.24, 2.45) is 0 Å². The van der Waals surface area contributed by atoms with Gasteiger partial charge < -0.3 is 46.4 Å². The molecule has 180 valence electrons. The Morgan fingerprint density at radius 1 is 1.26 bits per heavy atom. The summed E-state index contributed by atoms with van der Waals surface area (Å²) >= 11 is 0. The van der Waals surface area contributed by atoms with Gasteiger partial charge in [-0.1, -0.05) is 0 Å². The molecule has 1 aromatic heterocycles. The van der Waals surface area contributed by atoms with E-state index in [2.05, 4.69) is 25.9 Å². The molecular weight excluding hydrogens is 490 g/mol. The summed E-state index contributed by atoms with van der Waals surface area (Å²) in [5.41, 5.74) is 5.75. The van der Waals surface area contributed by atoms with Crippen LogP contribution in [0, 0.1) is 0 Å². The minimum absolute atomic E-state index is 0. The van der Waals surface area contributed by atoms with Gasteiger partial charge in [-0.2, -0.15) is 4.98 Å². The molecule has 0 aliphatic carbocycles. The molecule has 1 aliphatic rings. The zero-order valence-corrected chi connectivity index (χ0v) is 20.6. The van der Waals surface area contributed by atoms with Crippen LogP contribution in [-0.2, 0) is 14.4 Å². The van der Waals surface area contributed by atoms with Crippen molar-refractivity contribution in [3.63, 3.8) is 0 Å². The number of rotatable bonds is 10. The Bertz CT molecular complexity index is 1160. The summed E-state index contributed by atoms with van der Waals surface area (Å²) in [5.74, 6) is -3.63. The zero-order chi connectivity index (χ0) is 24.8. The first kappa shape index (κ1) is 27.9. The van der Waals surface area contributed by atoms with Gasteiger partial charge in [-0.25, -0.2) is 0 Å². The third-order valence-electron chi connectivity index (χ3n) is 5.10. The van der Waals surface area contributed by atoms with Crippen LogP contribution >= 0.6 is 0 Å². The van der Waals surface area contributed by atoms with Crippen LogP contribution in [0.15, 0.2) is 29.1 Å². The third-order valence-corrected chi connectivity index (χ3v) is 5.10. The van der Waals surface area contributed by atoms with Crippen LogP contribution in [0.5, 0.6) is 0 Å². The van der Waals surface area contributed by atoms with Crippen molar-refractivity contribution in [1.82, 2.24) is 15.3 Å². The molecule has 0 unspecified atom stereocenters. The topological polar surface area (TPSA) is 225 Å². The molecule has 0 bridgehead atoms. The number of aromatic nitrogens is 2. The molecule has 0 spiro atoms. The number of H-pyrrole nitrogens is 1. The first-order chi connectivity index (χ1) is 16.2. The van der Waals surface area contributed by atoms with Crippen molar-refractivity contribution in [2.75, 3.05) is 34.4 Å². The number of aliphatic carboxylic acids is 2. The van der Waals surface area contributed by atoms with Crippen LogP contribution in [0.4, 0.5) is 23.1 Å². The van der Waals surface area contributed by atoms with E-state index < -0.39 is 41.9 Å². The first-order valence-electron chi connectivity index (χ1n) is 10.1. The smallest absolute Gasteiger partial charge is 0.550 e. The number of benzene rings is 1. The van der Waals surface area contributed by atoms with Crippen molar-refractivity contribution >= 4 is 85.1 Å². The van der Waals surface area contributed by atoms with Crippen LogP contribution in [0.1, 0.15) is 23.2 Å². The minimum atomic E-state index is -1.60. The van der Waals surface area contributed by atoms with Crippen molar-refractivity contribution in [3.05, 3.63) is 40.2 Å². The van der Waals surface area contributed by atoms with Crippen molar-refractivity contribution < 1.29 is 29.4 Å². The molecule has 3 rings (SSSR count). The maximum Gasteiger partial charge on any atom is 2.00 e. The number of hydrogen-bond acceptors (Lipinski definition) is 11. The second kappa shape index (κ2) is 12.4. The predicted molar refractivity (Wildman–Crippen MR) is 121 cm³/mol. The number of amides is 2. The summed E-state index contributed by atoms with van der Waals surface area (Å²) in [6.07, 6.45) is -0.386. The number of nitrogens with one attached hydrogen (secondary N) is 4. The number of nitrogen functional groups attached to an aromatic ring is 1. The second-order valence-corrected chi connectivity index (χ2v) is 7.41. The Morgan fingerprint density at radius 3 is 2.54 bits per heavy atom. The predicted octanol–water partition coefficient (Wildman–Crippen LogP) is -3.78. The number of fused-ring (bicyclic) bond motifs is 1. The van der Waals surface area contributed by atoms with E-state index in [1.807, 2.05) is 0 Å². The molecule has 15 heteroatoms. The van der Waals surface area contributed by atoms with Gasteiger partial charge in [0.2, 0.25) is 12.4 Å². The Kier molecular flexibility index (Phi) is 9.86. The normalized spacial score (nSPS) is 15.0. The van der Waals surface area contributed by atoms with E-state index in [0.717, 1.165) is 0 Å². The van der Waals surface area contributed by atoms with Gasteiger partial charge in [0.15, 0.2) is 11.5 Å². The van der Waals surface area contributed by atoms with E-state index in [1.165, 1.54) is 17.0 Å². The molecule has 0 fully saturated rings. The quantitative estimate of drug-likeness (QED) is 0.154. The standard InChI is InChI=1S/C20H23N7O7.Ca/c21-20-25-16-15(18(32)26-20)27(9-28)12(8-23-16)7-22-11-3-1-10(2-4-11)17(31)24-13(19(33)34)5-6-14(29)30;/h1-4,9,12-13,22H,5-8H2,(H,24,31)(H,29,30)(H,33,34)(H4,21,23,25,26,32);/q;+2/p-2/t12-,13+;/m1./s1. The van der Waals surface area contributed by atoms with Crippen molar-refractivity contribution in [2.45, 2.75) is 24.9 Å². The number of carboxylic acid groups (broad SMARTS) is 2. The summed E-state index contributed by atoms with van der Waals surface area (Å²) in [6, 6.07) is 4.08. The fraction of sp³-hybridized carbons (Fsp3) is 0.300. The molecule has 2 heterocycles. The average Bonchev–Trinajstić information content (AvgIpc) is 2.79. The van der Waals surface area contributed by atoms with Gasteiger partial charge in [0.25, 0.3) is 11.5 Å². The molecule has 0 saturated heterocycles. The SMILES string of the molecule is Nc1nc2c(c(=O)[nH]1)N(C=O)[C@H](CNc1ccc(C(=O)N[C@@H](CCC(=O)[O-])C(=O)[O-])cc1)CN2.[Ca+2]. The monoisotopic (exact) mass is 511 g/mol. The maximum absolute atomic E-state index is 12.3. The number of carbonyl (C=O) groups excluding carboxylic acids is 4. The van der Waals surface area contributed by atoms with Gasteiger partial charge in [-0.05, 0) is 37.1 Å². The molecule has 0 radical (unpaired) electrons. The Hall–Kier alpha value is -3.36. The molecular formula is C20H21CaN7O7. The van der Waals surface area contributed by atoms with Gasteiger partial charge >= 0.3 is 37.7 Å². The fourth-order valence-electron chi connectivity index (χ4n) is 3.38. The molecule has 0 saturated carbocycles. The molecule has 14 nitrogen and oxygen atoms in total.